The van der Waals surface area contributed by atoms with Gasteiger partial charge in [0.05, 0.1) is 11.1 Å². The van der Waals surface area contributed by atoms with Crippen LogP contribution in [-0.4, -0.2) is 27.1 Å². The van der Waals surface area contributed by atoms with Gasteiger partial charge in [-0.2, -0.15) is 0 Å². The van der Waals surface area contributed by atoms with Crippen molar-refractivity contribution in [3.63, 3.8) is 0 Å². The summed E-state index contributed by atoms with van der Waals surface area (Å²) in [5, 5.41) is 15.2. The quantitative estimate of drug-likeness (QED) is 0.476. The van der Waals surface area contributed by atoms with Gasteiger partial charge in [0, 0.05) is 24.7 Å². The zero-order valence-corrected chi connectivity index (χ0v) is 16.9. The molecule has 0 fully saturated rings. The lowest BCUT2D eigenvalue weighted by atomic mass is 10.1. The Labute approximate surface area is 172 Å². The largest absolute Gasteiger partial charge is 0.494 e. The smallest absolute Gasteiger partial charge is 0.262 e. The Morgan fingerprint density at radius 1 is 1.41 bits per heavy atom. The fraction of sp³-hybridized carbons (Fsp3) is 0.238. The highest BCUT2D eigenvalue weighted by molar-refractivity contribution is 7.71. The van der Waals surface area contributed by atoms with Crippen LogP contribution in [-0.2, 0) is 11.3 Å². The molecule has 0 radical (unpaired) electrons. The van der Waals surface area contributed by atoms with Crippen LogP contribution in [0.5, 0.6) is 5.88 Å². The van der Waals surface area contributed by atoms with Crippen molar-refractivity contribution in [1.82, 2.24) is 14.9 Å². The summed E-state index contributed by atoms with van der Waals surface area (Å²) in [7, 11) is 0. The van der Waals surface area contributed by atoms with E-state index in [2.05, 4.69) is 21.9 Å². The highest BCUT2D eigenvalue weighted by Gasteiger charge is 2.17. The van der Waals surface area contributed by atoms with E-state index in [4.69, 9.17) is 12.2 Å². The van der Waals surface area contributed by atoms with Gasteiger partial charge in [0.2, 0.25) is 11.8 Å². The van der Waals surface area contributed by atoms with Crippen LogP contribution in [0.2, 0.25) is 0 Å². The first-order valence-electron chi connectivity index (χ1n) is 9.29. The molecule has 0 spiro atoms. The first kappa shape index (κ1) is 20.5. The zero-order chi connectivity index (χ0) is 21.0. The van der Waals surface area contributed by atoms with Crippen LogP contribution in [0.15, 0.2) is 52.4 Å². The lowest BCUT2D eigenvalue weighted by Crippen LogP contribution is -2.26. The predicted molar refractivity (Wildman–Crippen MR) is 114 cm³/mol. The number of para-hydroxylation sites is 1. The Hall–Kier alpha value is -3.26. The van der Waals surface area contributed by atoms with Gasteiger partial charge in [-0.3, -0.25) is 19.1 Å². The second kappa shape index (κ2) is 8.83. The number of aromatic nitrogens is 2. The fourth-order valence-electron chi connectivity index (χ4n) is 3.14. The number of allylic oxidation sites excluding steroid dienone is 2. The molecule has 0 saturated heterocycles. The van der Waals surface area contributed by atoms with E-state index in [0.717, 1.165) is 16.1 Å². The molecule has 2 heterocycles. The molecule has 0 aliphatic carbocycles. The number of fused-ring (bicyclic) bond motifs is 1. The molecule has 29 heavy (non-hydrogen) atoms. The lowest BCUT2D eigenvalue weighted by molar-refractivity contribution is -0.120. The van der Waals surface area contributed by atoms with Crippen LogP contribution in [0, 0.1) is 4.77 Å². The number of hydrogen-bond donors (Lipinski definition) is 3. The van der Waals surface area contributed by atoms with E-state index in [1.165, 1.54) is 4.57 Å². The zero-order valence-electron chi connectivity index (χ0n) is 16.1. The van der Waals surface area contributed by atoms with Gasteiger partial charge >= 0.3 is 0 Å². The standard InChI is InChI=1S/C21H22N4O3S/c1-3-11-25-20(28)15(19(27)24-21(25)29)12-17-14(9-10-22-18(26)4-2)13-7-5-6-8-16(13)23-17/h3,5-8,12,28H,1,4,9-11H2,2H3,(H,22,26)(H,24,27,29)/b17-12-. The third kappa shape index (κ3) is 4.27. The average Bonchev–Trinajstić information content (AvgIpc) is 3.05. The summed E-state index contributed by atoms with van der Waals surface area (Å²) in [5.74, 6) is -0.268. The van der Waals surface area contributed by atoms with E-state index in [9.17, 15) is 14.7 Å². The van der Waals surface area contributed by atoms with Crippen LogP contribution in [0.3, 0.4) is 0 Å². The molecule has 8 heteroatoms. The highest BCUT2D eigenvalue weighted by atomic mass is 32.1. The van der Waals surface area contributed by atoms with E-state index >= 15 is 0 Å². The molecule has 0 bridgehead atoms. The van der Waals surface area contributed by atoms with Crippen LogP contribution in [0.4, 0.5) is 0 Å². The molecule has 0 unspecified atom stereocenters. The molecule has 2 aromatic rings. The van der Waals surface area contributed by atoms with Crippen molar-refractivity contribution in [3.8, 4) is 5.88 Å². The van der Waals surface area contributed by atoms with E-state index in [1.54, 1.807) is 19.1 Å². The van der Waals surface area contributed by atoms with Crippen molar-refractivity contribution in [1.29, 1.82) is 0 Å². The van der Waals surface area contributed by atoms with Crippen LogP contribution in [0.25, 0.3) is 11.6 Å². The summed E-state index contributed by atoms with van der Waals surface area (Å²) in [5.41, 5.74) is 1.04. The van der Waals surface area contributed by atoms with Gasteiger partial charge in [-0.05, 0) is 36.4 Å². The molecule has 1 aliphatic heterocycles. The van der Waals surface area contributed by atoms with Crippen LogP contribution in [0.1, 0.15) is 25.3 Å². The van der Waals surface area contributed by atoms with Gasteiger partial charge in [0.15, 0.2) is 4.77 Å². The summed E-state index contributed by atoms with van der Waals surface area (Å²) >= 11 is 5.12. The summed E-state index contributed by atoms with van der Waals surface area (Å²) in [6, 6.07) is 7.63. The van der Waals surface area contributed by atoms with E-state index in [1.807, 2.05) is 24.3 Å². The van der Waals surface area contributed by atoms with Crippen molar-refractivity contribution in [2.24, 2.45) is 4.99 Å². The van der Waals surface area contributed by atoms with Crippen molar-refractivity contribution >= 4 is 29.8 Å². The van der Waals surface area contributed by atoms with Crippen molar-refractivity contribution in [3.05, 3.63) is 73.9 Å². The average molecular weight is 410 g/mol. The van der Waals surface area contributed by atoms with Crippen molar-refractivity contribution < 1.29 is 9.90 Å². The molecular formula is C21H22N4O3S. The number of benzene rings is 1. The SMILES string of the molecule is C=CCn1c(O)c(/C=C2\N=c3ccccc3=C2CCNC(=O)CC)c(=O)[nH]c1=S. The highest BCUT2D eigenvalue weighted by Crippen LogP contribution is 2.23. The molecule has 3 rings (SSSR count). The number of rotatable bonds is 7. The number of amides is 1. The molecule has 150 valence electrons. The third-order valence-corrected chi connectivity index (χ3v) is 4.92. The number of nitrogens with zero attached hydrogens (tertiary/aromatic N) is 2. The van der Waals surface area contributed by atoms with E-state index < -0.39 is 5.56 Å². The van der Waals surface area contributed by atoms with Crippen LogP contribution >= 0.6 is 12.2 Å². The second-order valence-electron chi connectivity index (χ2n) is 6.49. The van der Waals surface area contributed by atoms with Crippen LogP contribution < -0.4 is 21.5 Å². The van der Waals surface area contributed by atoms with Gasteiger partial charge in [0.1, 0.15) is 5.56 Å². The minimum absolute atomic E-state index is 0.0278. The molecule has 0 atom stereocenters. The number of nitrogens with one attached hydrogen (secondary N) is 2. The van der Waals surface area contributed by atoms with Gasteiger partial charge in [-0.15, -0.1) is 6.58 Å². The maximum atomic E-state index is 12.5. The summed E-state index contributed by atoms with van der Waals surface area (Å²) in [6.07, 6.45) is 4.09. The molecule has 0 saturated carbocycles. The normalized spacial score (nSPS) is 13.8. The summed E-state index contributed by atoms with van der Waals surface area (Å²) in [4.78, 5) is 31.2. The third-order valence-electron chi connectivity index (χ3n) is 4.60. The number of aromatic amines is 1. The van der Waals surface area contributed by atoms with Gasteiger partial charge in [-0.25, -0.2) is 4.99 Å². The van der Waals surface area contributed by atoms with Gasteiger partial charge in [0.25, 0.3) is 5.56 Å². The summed E-state index contributed by atoms with van der Waals surface area (Å²) < 4.78 is 1.51. The first-order valence-corrected chi connectivity index (χ1v) is 9.69. The number of aromatic hydroxyl groups is 1. The minimum Gasteiger partial charge on any atom is -0.494 e. The Kier molecular flexibility index (Phi) is 6.23. The summed E-state index contributed by atoms with van der Waals surface area (Å²) in [6.45, 7) is 6.15. The van der Waals surface area contributed by atoms with Crippen molar-refractivity contribution in [2.75, 3.05) is 6.54 Å². The Morgan fingerprint density at radius 2 is 2.17 bits per heavy atom. The first-order chi connectivity index (χ1) is 14.0. The molecule has 3 N–H and O–H groups in total. The number of H-pyrrole nitrogens is 1. The molecular weight excluding hydrogens is 388 g/mol. The van der Waals surface area contributed by atoms with Gasteiger partial charge < -0.3 is 10.4 Å². The number of carbonyl (C=O) groups excluding carboxylic acids is 1. The molecule has 1 amide bonds. The maximum absolute atomic E-state index is 12.5. The Balaban J connectivity index is 2.09. The monoisotopic (exact) mass is 410 g/mol. The second-order valence-corrected chi connectivity index (χ2v) is 6.87. The Bertz CT molecular complexity index is 1240. The Morgan fingerprint density at radius 3 is 2.90 bits per heavy atom. The number of hydrogen-bond acceptors (Lipinski definition) is 5. The number of carbonyl (C=O) groups is 1. The topological polar surface area (TPSA) is 99.5 Å². The van der Waals surface area contributed by atoms with E-state index in [0.29, 0.717) is 25.1 Å². The minimum atomic E-state index is -0.495. The predicted octanol–water partition coefficient (Wildman–Crippen LogP) is 1.54. The molecule has 1 aliphatic rings. The fourth-order valence-corrected chi connectivity index (χ4v) is 3.39. The van der Waals surface area contributed by atoms with Gasteiger partial charge in [-0.1, -0.05) is 31.2 Å². The van der Waals surface area contributed by atoms with Crippen molar-refractivity contribution in [2.45, 2.75) is 26.3 Å². The lowest BCUT2D eigenvalue weighted by Gasteiger charge is -2.10. The maximum Gasteiger partial charge on any atom is 0.262 e. The molecule has 1 aromatic heterocycles. The van der Waals surface area contributed by atoms with E-state index in [-0.39, 0.29) is 28.7 Å². The molecule has 1 aromatic carbocycles. The molecule has 7 nitrogen and oxygen atoms in total.